The number of anilines is 1. The van der Waals surface area contributed by atoms with Gasteiger partial charge < -0.3 is 10.3 Å². The van der Waals surface area contributed by atoms with E-state index in [0.717, 1.165) is 12.1 Å². The Morgan fingerprint density at radius 3 is 2.76 bits per heavy atom. The van der Waals surface area contributed by atoms with Crippen molar-refractivity contribution in [3.8, 4) is 0 Å². The zero-order chi connectivity index (χ0) is 12.8. The molecule has 3 N–H and O–H groups in total. The van der Waals surface area contributed by atoms with Crippen LogP contribution in [0.1, 0.15) is 32.4 Å². The topological polar surface area (TPSA) is 81.2 Å². The second-order valence-corrected chi connectivity index (χ2v) is 4.82. The molecule has 1 rings (SSSR count). The van der Waals surface area contributed by atoms with E-state index in [4.69, 9.17) is 10.3 Å². The monoisotopic (exact) mass is 239 g/mol. The number of nitrogens with one attached hydrogen (secondary N) is 1. The number of nitrogens with two attached hydrogens (primary N) is 1. The Morgan fingerprint density at radius 2 is 2.29 bits per heavy atom. The van der Waals surface area contributed by atoms with Gasteiger partial charge in [0.25, 0.3) is 0 Å². The average molecular weight is 239 g/mol. The lowest BCUT2D eigenvalue weighted by Crippen LogP contribution is -2.23. The van der Waals surface area contributed by atoms with Gasteiger partial charge in [-0.2, -0.15) is 0 Å². The maximum atomic E-state index is 11.7. The molecule has 5 heteroatoms. The number of aryl methyl sites for hydroxylation is 1. The largest absolute Gasteiger partial charge is 0.338 e. The second-order valence-electron chi connectivity index (χ2n) is 4.82. The van der Waals surface area contributed by atoms with Crippen LogP contribution >= 0.6 is 0 Å². The van der Waals surface area contributed by atoms with Crippen LogP contribution in [0.4, 0.5) is 5.88 Å². The van der Waals surface area contributed by atoms with Crippen LogP contribution in [0.25, 0.3) is 0 Å². The summed E-state index contributed by atoms with van der Waals surface area (Å²) in [6.45, 7) is 6.59. The van der Waals surface area contributed by atoms with Crippen molar-refractivity contribution < 1.29 is 9.32 Å². The van der Waals surface area contributed by atoms with Crippen LogP contribution < -0.4 is 11.1 Å². The molecule has 0 aliphatic carbocycles. The van der Waals surface area contributed by atoms with Crippen LogP contribution in [0.2, 0.25) is 0 Å². The Labute approximate surface area is 102 Å². The van der Waals surface area contributed by atoms with E-state index < -0.39 is 0 Å². The summed E-state index contributed by atoms with van der Waals surface area (Å²) < 4.78 is 4.92. The zero-order valence-corrected chi connectivity index (χ0v) is 10.7. The van der Waals surface area contributed by atoms with Crippen LogP contribution in [0, 0.1) is 18.8 Å². The molecular weight excluding hydrogens is 218 g/mol. The first-order valence-corrected chi connectivity index (χ1v) is 5.94. The first-order valence-electron chi connectivity index (χ1n) is 5.94. The number of hydrogen-bond acceptors (Lipinski definition) is 4. The Morgan fingerprint density at radius 1 is 1.59 bits per heavy atom. The molecule has 96 valence electrons. The standard InChI is InChI=1S/C12H21N3O2/c1-8(2)4-10(7-13)6-11(16)14-12-5-9(3)15-17-12/h5,8,10H,4,6-7,13H2,1-3H3,(H,14,16). The van der Waals surface area contributed by atoms with Crippen molar-refractivity contribution in [1.82, 2.24) is 5.16 Å². The SMILES string of the molecule is Cc1cc(NC(=O)CC(CN)CC(C)C)on1. The summed E-state index contributed by atoms with van der Waals surface area (Å²) in [5, 5.41) is 6.38. The van der Waals surface area contributed by atoms with Crippen molar-refractivity contribution in [1.29, 1.82) is 0 Å². The predicted molar refractivity (Wildman–Crippen MR) is 66.5 cm³/mol. The highest BCUT2D eigenvalue weighted by atomic mass is 16.5. The summed E-state index contributed by atoms with van der Waals surface area (Å²) in [6, 6.07) is 1.69. The van der Waals surface area contributed by atoms with E-state index >= 15 is 0 Å². The quantitative estimate of drug-likeness (QED) is 0.794. The maximum Gasteiger partial charge on any atom is 0.231 e. The number of carbonyl (C=O) groups is 1. The number of aromatic nitrogens is 1. The molecule has 5 nitrogen and oxygen atoms in total. The molecule has 0 aromatic carbocycles. The Bertz CT molecular complexity index is 360. The molecule has 1 aromatic heterocycles. The highest BCUT2D eigenvalue weighted by molar-refractivity contribution is 5.89. The molecule has 0 bridgehead atoms. The van der Waals surface area contributed by atoms with Gasteiger partial charge >= 0.3 is 0 Å². The fraction of sp³-hybridized carbons (Fsp3) is 0.667. The maximum absolute atomic E-state index is 11.7. The molecule has 1 aromatic rings. The molecule has 1 amide bonds. The van der Waals surface area contributed by atoms with E-state index in [1.165, 1.54) is 0 Å². The zero-order valence-electron chi connectivity index (χ0n) is 10.7. The minimum absolute atomic E-state index is 0.0720. The van der Waals surface area contributed by atoms with E-state index in [0.29, 0.717) is 24.8 Å². The second kappa shape index (κ2) is 6.39. The van der Waals surface area contributed by atoms with Crippen molar-refractivity contribution in [2.24, 2.45) is 17.6 Å². The Hall–Kier alpha value is -1.36. The Kier molecular flexibility index (Phi) is 5.15. The van der Waals surface area contributed by atoms with Gasteiger partial charge in [-0.05, 0) is 31.7 Å². The van der Waals surface area contributed by atoms with E-state index in [1.807, 2.05) is 0 Å². The summed E-state index contributed by atoms with van der Waals surface area (Å²) in [5.74, 6) is 1.09. The van der Waals surface area contributed by atoms with Gasteiger partial charge in [-0.1, -0.05) is 19.0 Å². The highest BCUT2D eigenvalue weighted by Crippen LogP contribution is 2.16. The third kappa shape index (κ3) is 4.99. The molecule has 17 heavy (non-hydrogen) atoms. The smallest absolute Gasteiger partial charge is 0.231 e. The molecule has 0 aliphatic rings. The lowest BCUT2D eigenvalue weighted by atomic mass is 9.94. The third-order valence-corrected chi connectivity index (χ3v) is 2.50. The van der Waals surface area contributed by atoms with E-state index in [2.05, 4.69) is 24.3 Å². The number of carbonyl (C=O) groups excluding carboxylic acids is 1. The number of amides is 1. The normalized spacial score (nSPS) is 12.8. The minimum atomic E-state index is -0.0720. The fourth-order valence-corrected chi connectivity index (χ4v) is 1.80. The van der Waals surface area contributed by atoms with Gasteiger partial charge in [-0.15, -0.1) is 0 Å². The molecule has 0 radical (unpaired) electrons. The predicted octanol–water partition coefficient (Wildman–Crippen LogP) is 1.93. The van der Waals surface area contributed by atoms with Crippen LogP contribution in [-0.2, 0) is 4.79 Å². The number of hydrogen-bond donors (Lipinski definition) is 2. The molecule has 0 saturated heterocycles. The highest BCUT2D eigenvalue weighted by Gasteiger charge is 2.15. The van der Waals surface area contributed by atoms with Gasteiger partial charge in [0.15, 0.2) is 0 Å². The van der Waals surface area contributed by atoms with Gasteiger partial charge in [-0.25, -0.2) is 0 Å². The van der Waals surface area contributed by atoms with Crippen molar-refractivity contribution in [3.05, 3.63) is 11.8 Å². The van der Waals surface area contributed by atoms with Gasteiger partial charge in [0.1, 0.15) is 0 Å². The van der Waals surface area contributed by atoms with Crippen LogP contribution in [0.5, 0.6) is 0 Å². The van der Waals surface area contributed by atoms with Gasteiger partial charge in [0.2, 0.25) is 11.8 Å². The fourth-order valence-electron chi connectivity index (χ4n) is 1.80. The minimum Gasteiger partial charge on any atom is -0.338 e. The van der Waals surface area contributed by atoms with Crippen LogP contribution in [0.15, 0.2) is 10.6 Å². The molecular formula is C12H21N3O2. The van der Waals surface area contributed by atoms with E-state index in [9.17, 15) is 4.79 Å². The average Bonchev–Trinajstić information content (AvgIpc) is 2.62. The molecule has 0 fully saturated rings. The lowest BCUT2D eigenvalue weighted by molar-refractivity contribution is -0.117. The summed E-state index contributed by atoms with van der Waals surface area (Å²) >= 11 is 0. The van der Waals surface area contributed by atoms with Crippen LogP contribution in [-0.4, -0.2) is 17.6 Å². The molecule has 0 spiro atoms. The van der Waals surface area contributed by atoms with Gasteiger partial charge in [0, 0.05) is 12.5 Å². The molecule has 0 saturated carbocycles. The van der Waals surface area contributed by atoms with Crippen molar-refractivity contribution in [2.75, 3.05) is 11.9 Å². The lowest BCUT2D eigenvalue weighted by Gasteiger charge is -2.15. The van der Waals surface area contributed by atoms with E-state index in [-0.39, 0.29) is 11.8 Å². The number of nitrogens with zero attached hydrogens (tertiary/aromatic N) is 1. The van der Waals surface area contributed by atoms with Crippen molar-refractivity contribution in [3.63, 3.8) is 0 Å². The van der Waals surface area contributed by atoms with Gasteiger partial charge in [-0.3, -0.25) is 10.1 Å². The van der Waals surface area contributed by atoms with Crippen molar-refractivity contribution >= 4 is 11.8 Å². The summed E-state index contributed by atoms with van der Waals surface area (Å²) in [5.41, 5.74) is 6.40. The molecule has 1 unspecified atom stereocenters. The first kappa shape index (κ1) is 13.7. The summed E-state index contributed by atoms with van der Waals surface area (Å²) in [6.07, 6.45) is 1.38. The molecule has 1 atom stereocenters. The third-order valence-electron chi connectivity index (χ3n) is 2.50. The Balaban J connectivity index is 2.42. The van der Waals surface area contributed by atoms with Crippen LogP contribution in [0.3, 0.4) is 0 Å². The first-order chi connectivity index (χ1) is 8.01. The van der Waals surface area contributed by atoms with Crippen molar-refractivity contribution in [2.45, 2.75) is 33.6 Å². The van der Waals surface area contributed by atoms with E-state index in [1.54, 1.807) is 13.0 Å². The molecule has 0 aliphatic heterocycles. The van der Waals surface area contributed by atoms with Gasteiger partial charge in [0.05, 0.1) is 5.69 Å². The number of rotatable bonds is 6. The molecule has 1 heterocycles. The summed E-state index contributed by atoms with van der Waals surface area (Å²) in [4.78, 5) is 11.7. The summed E-state index contributed by atoms with van der Waals surface area (Å²) in [7, 11) is 0.